The van der Waals surface area contributed by atoms with Gasteiger partial charge in [-0.3, -0.25) is 14.9 Å². The molecule has 0 aliphatic heterocycles. The number of ketones is 1. The van der Waals surface area contributed by atoms with Crippen LogP contribution in [0.2, 0.25) is 0 Å². The number of benzene rings is 3. The number of hydrogen-bond donors (Lipinski definition) is 0. The first-order valence-corrected chi connectivity index (χ1v) is 12.5. The molecule has 0 aliphatic carbocycles. The molecular weight excluding hydrogens is 422 g/mol. The van der Waals surface area contributed by atoms with Crippen LogP contribution in [0.1, 0.15) is 79.8 Å². The Morgan fingerprint density at radius 3 is 1.74 bits per heavy atom. The molecule has 0 saturated carbocycles. The fraction of sp³-hybridized carbons (Fsp3) is 0.367. The molecule has 0 aromatic heterocycles. The van der Waals surface area contributed by atoms with Crippen LogP contribution in [-0.4, -0.2) is 10.7 Å². The van der Waals surface area contributed by atoms with Gasteiger partial charge in [-0.15, -0.1) is 0 Å². The van der Waals surface area contributed by atoms with Crippen molar-refractivity contribution < 1.29 is 9.72 Å². The average molecular weight is 458 g/mol. The number of aryl methyl sites for hydroxylation is 1. The maximum absolute atomic E-state index is 12.6. The van der Waals surface area contributed by atoms with Crippen LogP contribution in [0, 0.1) is 10.1 Å². The van der Waals surface area contributed by atoms with Crippen LogP contribution >= 0.6 is 0 Å². The van der Waals surface area contributed by atoms with Crippen molar-refractivity contribution >= 4 is 11.5 Å². The molecule has 3 aromatic rings. The van der Waals surface area contributed by atoms with Gasteiger partial charge >= 0.3 is 0 Å². The molecule has 178 valence electrons. The number of carbonyl (C=O) groups excluding carboxylic acids is 1. The normalized spacial score (nSPS) is 10.9. The Labute approximate surface area is 203 Å². The van der Waals surface area contributed by atoms with Crippen LogP contribution in [0.5, 0.6) is 0 Å². The molecule has 0 aliphatic rings. The minimum Gasteiger partial charge on any atom is -0.294 e. The smallest absolute Gasteiger partial charge is 0.269 e. The minimum absolute atomic E-state index is 0.00103. The summed E-state index contributed by atoms with van der Waals surface area (Å²) in [6.45, 7) is 2.26. The second kappa shape index (κ2) is 13.4. The topological polar surface area (TPSA) is 60.2 Å². The van der Waals surface area contributed by atoms with Crippen molar-refractivity contribution in [3.05, 3.63) is 99.6 Å². The number of non-ortho nitro benzene ring substituents is 1. The Bertz CT molecular complexity index is 1040. The third-order valence-corrected chi connectivity index (χ3v) is 6.32. The molecule has 0 amide bonds. The lowest BCUT2D eigenvalue weighted by Crippen LogP contribution is -2.03. The summed E-state index contributed by atoms with van der Waals surface area (Å²) < 4.78 is 0. The van der Waals surface area contributed by atoms with Gasteiger partial charge in [0.2, 0.25) is 0 Å². The van der Waals surface area contributed by atoms with E-state index >= 15 is 0 Å². The number of rotatable bonds is 14. The molecule has 4 heteroatoms. The number of unbranched alkanes of at least 4 members (excludes halogenated alkanes) is 7. The number of nitro groups is 1. The average Bonchev–Trinajstić information content (AvgIpc) is 2.86. The Kier molecular flexibility index (Phi) is 10.0. The Morgan fingerprint density at radius 2 is 1.18 bits per heavy atom. The van der Waals surface area contributed by atoms with Gasteiger partial charge in [0.25, 0.3) is 5.69 Å². The van der Waals surface area contributed by atoms with Crippen LogP contribution in [0.25, 0.3) is 11.1 Å². The van der Waals surface area contributed by atoms with E-state index in [1.807, 2.05) is 24.3 Å². The molecule has 0 N–H and O–H groups in total. The lowest BCUT2D eigenvalue weighted by molar-refractivity contribution is -0.384. The van der Waals surface area contributed by atoms with Crippen LogP contribution in [0.15, 0.2) is 72.8 Å². The molecule has 0 bridgehead atoms. The number of nitro benzene ring substituents is 1. The van der Waals surface area contributed by atoms with Gasteiger partial charge in [0.1, 0.15) is 0 Å². The van der Waals surface area contributed by atoms with Gasteiger partial charge in [0, 0.05) is 24.1 Å². The largest absolute Gasteiger partial charge is 0.294 e. The number of hydrogen-bond acceptors (Lipinski definition) is 3. The first-order valence-electron chi connectivity index (χ1n) is 12.5. The summed E-state index contributed by atoms with van der Waals surface area (Å²) in [5.41, 5.74) is 5.06. The van der Waals surface area contributed by atoms with Gasteiger partial charge in [-0.2, -0.15) is 0 Å². The second-order valence-electron chi connectivity index (χ2n) is 9.02. The predicted molar refractivity (Wildman–Crippen MR) is 139 cm³/mol. The van der Waals surface area contributed by atoms with E-state index in [9.17, 15) is 14.9 Å². The zero-order valence-corrected chi connectivity index (χ0v) is 20.2. The Hall–Kier alpha value is -3.27. The maximum Gasteiger partial charge on any atom is 0.269 e. The molecule has 4 nitrogen and oxygen atoms in total. The summed E-state index contributed by atoms with van der Waals surface area (Å²) in [5, 5.41) is 10.8. The van der Waals surface area contributed by atoms with E-state index in [1.165, 1.54) is 69.1 Å². The summed E-state index contributed by atoms with van der Waals surface area (Å²) in [4.78, 5) is 22.9. The standard InChI is InChI=1S/C30H35NO3/c1-2-3-4-5-6-7-8-9-10-24-11-15-26(16-12-24)27-17-19-28(20-18-27)30(32)23-25-13-21-29(22-14-25)31(33)34/h11-22H,2-10,23H2,1H3. The van der Waals surface area contributed by atoms with Gasteiger partial charge < -0.3 is 0 Å². The van der Waals surface area contributed by atoms with Crippen molar-refractivity contribution in [3.8, 4) is 11.1 Å². The lowest BCUT2D eigenvalue weighted by Gasteiger charge is -2.07. The van der Waals surface area contributed by atoms with E-state index in [0.717, 1.165) is 23.1 Å². The van der Waals surface area contributed by atoms with E-state index < -0.39 is 4.92 Å². The third kappa shape index (κ3) is 7.95. The molecule has 0 radical (unpaired) electrons. The number of carbonyl (C=O) groups is 1. The molecule has 0 fully saturated rings. The zero-order chi connectivity index (χ0) is 24.2. The molecule has 0 spiro atoms. The van der Waals surface area contributed by atoms with Crippen molar-refractivity contribution in [3.63, 3.8) is 0 Å². The SMILES string of the molecule is CCCCCCCCCCc1ccc(-c2ccc(C(=O)Cc3ccc([N+](=O)[O-])cc3)cc2)cc1. The maximum atomic E-state index is 12.6. The van der Waals surface area contributed by atoms with E-state index in [1.54, 1.807) is 12.1 Å². The van der Waals surface area contributed by atoms with Crippen molar-refractivity contribution in [2.24, 2.45) is 0 Å². The highest BCUT2D eigenvalue weighted by molar-refractivity contribution is 5.97. The fourth-order valence-corrected chi connectivity index (χ4v) is 4.20. The minimum atomic E-state index is -0.437. The highest BCUT2D eigenvalue weighted by Crippen LogP contribution is 2.22. The van der Waals surface area contributed by atoms with Crippen molar-refractivity contribution in [1.82, 2.24) is 0 Å². The first kappa shape index (κ1) is 25.4. The van der Waals surface area contributed by atoms with E-state index in [4.69, 9.17) is 0 Å². The summed E-state index contributed by atoms with van der Waals surface area (Å²) in [6, 6.07) is 22.6. The monoisotopic (exact) mass is 457 g/mol. The zero-order valence-electron chi connectivity index (χ0n) is 20.2. The molecule has 34 heavy (non-hydrogen) atoms. The summed E-state index contributed by atoms with van der Waals surface area (Å²) >= 11 is 0. The molecular formula is C30H35NO3. The van der Waals surface area contributed by atoms with Crippen molar-refractivity contribution in [2.45, 2.75) is 71.1 Å². The molecule has 0 heterocycles. The third-order valence-electron chi connectivity index (χ3n) is 6.32. The highest BCUT2D eigenvalue weighted by atomic mass is 16.6. The fourth-order valence-electron chi connectivity index (χ4n) is 4.20. The van der Waals surface area contributed by atoms with Crippen LogP contribution < -0.4 is 0 Å². The van der Waals surface area contributed by atoms with Gasteiger partial charge in [-0.1, -0.05) is 113 Å². The predicted octanol–water partition coefficient (Wildman–Crippen LogP) is 8.37. The van der Waals surface area contributed by atoms with Gasteiger partial charge in [-0.25, -0.2) is 0 Å². The van der Waals surface area contributed by atoms with E-state index in [0.29, 0.717) is 5.56 Å². The second-order valence-corrected chi connectivity index (χ2v) is 9.02. The number of Topliss-reactive ketones (excluding diaryl/α,β-unsaturated/α-hetero) is 1. The molecule has 0 atom stereocenters. The quantitative estimate of drug-likeness (QED) is 0.106. The summed E-state index contributed by atoms with van der Waals surface area (Å²) in [5.74, 6) is 0.00103. The first-order chi connectivity index (χ1) is 16.6. The lowest BCUT2D eigenvalue weighted by atomic mass is 9.98. The van der Waals surface area contributed by atoms with Gasteiger partial charge in [-0.05, 0) is 35.1 Å². The van der Waals surface area contributed by atoms with E-state index in [-0.39, 0.29) is 17.9 Å². The van der Waals surface area contributed by atoms with Crippen molar-refractivity contribution in [2.75, 3.05) is 0 Å². The summed E-state index contributed by atoms with van der Waals surface area (Å²) in [6.07, 6.45) is 12.1. The highest BCUT2D eigenvalue weighted by Gasteiger charge is 2.10. The summed E-state index contributed by atoms with van der Waals surface area (Å²) in [7, 11) is 0. The van der Waals surface area contributed by atoms with E-state index in [2.05, 4.69) is 31.2 Å². The van der Waals surface area contributed by atoms with Gasteiger partial charge in [0.15, 0.2) is 5.78 Å². The Morgan fingerprint density at radius 1 is 0.676 bits per heavy atom. The van der Waals surface area contributed by atoms with Crippen molar-refractivity contribution in [1.29, 1.82) is 0 Å². The van der Waals surface area contributed by atoms with Crippen LogP contribution in [0.4, 0.5) is 5.69 Å². The molecule has 0 unspecified atom stereocenters. The number of nitrogens with zero attached hydrogens (tertiary/aromatic N) is 1. The molecule has 3 rings (SSSR count). The van der Waals surface area contributed by atoms with Crippen LogP contribution in [0.3, 0.4) is 0 Å². The van der Waals surface area contributed by atoms with Crippen LogP contribution in [-0.2, 0) is 12.8 Å². The molecule has 3 aromatic carbocycles. The Balaban J connectivity index is 1.46. The molecule has 0 saturated heterocycles. The van der Waals surface area contributed by atoms with Gasteiger partial charge in [0.05, 0.1) is 4.92 Å².